The third-order valence-corrected chi connectivity index (χ3v) is 3.40. The van der Waals surface area contributed by atoms with E-state index in [2.05, 4.69) is 17.6 Å². The second kappa shape index (κ2) is 6.21. The minimum atomic E-state index is 0.0590. The summed E-state index contributed by atoms with van der Waals surface area (Å²) in [4.78, 5) is 11.8. The van der Waals surface area contributed by atoms with E-state index in [9.17, 15) is 4.79 Å². The van der Waals surface area contributed by atoms with Gasteiger partial charge in [0.2, 0.25) is 5.91 Å². The van der Waals surface area contributed by atoms with Gasteiger partial charge in [-0.25, -0.2) is 0 Å². The highest BCUT2D eigenvalue weighted by atomic mass is 35.5. The molecule has 1 aliphatic carbocycles. The third-order valence-electron chi connectivity index (χ3n) is 3.14. The number of amides is 1. The van der Waals surface area contributed by atoms with Crippen LogP contribution in [-0.4, -0.2) is 18.5 Å². The maximum Gasteiger partial charge on any atom is 0.234 e. The normalized spacial score (nSPS) is 16.3. The lowest BCUT2D eigenvalue weighted by Crippen LogP contribution is -2.36. The van der Waals surface area contributed by atoms with Crippen molar-refractivity contribution in [2.24, 2.45) is 0 Å². The van der Waals surface area contributed by atoms with E-state index in [0.29, 0.717) is 12.6 Å². The third kappa shape index (κ3) is 4.00. The predicted octanol–water partition coefficient (Wildman–Crippen LogP) is 2.66. The molecule has 0 spiro atoms. The fraction of sp³-hybridized carbons (Fsp3) is 0.500. The van der Waals surface area contributed by atoms with Crippen LogP contribution in [0, 0.1) is 0 Å². The predicted molar refractivity (Wildman–Crippen MR) is 73.7 cm³/mol. The molecule has 1 aliphatic rings. The summed E-state index contributed by atoms with van der Waals surface area (Å²) in [6.07, 6.45) is 3.26. The van der Waals surface area contributed by atoms with Crippen LogP contribution in [0.25, 0.3) is 0 Å². The van der Waals surface area contributed by atoms with E-state index in [4.69, 9.17) is 11.6 Å². The highest BCUT2D eigenvalue weighted by Gasteiger charge is 2.21. The van der Waals surface area contributed by atoms with Crippen molar-refractivity contribution in [3.63, 3.8) is 0 Å². The molecule has 3 nitrogen and oxygen atoms in total. The average molecular weight is 267 g/mol. The van der Waals surface area contributed by atoms with E-state index in [0.717, 1.165) is 17.0 Å². The van der Waals surface area contributed by atoms with Gasteiger partial charge in [0, 0.05) is 11.1 Å². The van der Waals surface area contributed by atoms with E-state index in [-0.39, 0.29) is 11.9 Å². The molecule has 1 saturated carbocycles. The molecule has 0 bridgehead atoms. The number of nitrogens with one attached hydrogen (secondary N) is 2. The fourth-order valence-corrected chi connectivity index (χ4v) is 2.01. The Morgan fingerprint density at radius 3 is 2.61 bits per heavy atom. The lowest BCUT2D eigenvalue weighted by molar-refractivity contribution is -0.121. The fourth-order valence-electron chi connectivity index (χ4n) is 1.89. The maximum absolute atomic E-state index is 11.8. The van der Waals surface area contributed by atoms with Crippen molar-refractivity contribution in [2.45, 2.75) is 38.3 Å². The van der Waals surface area contributed by atoms with Crippen molar-refractivity contribution in [2.75, 3.05) is 6.54 Å². The Balaban J connectivity index is 1.87. The molecule has 18 heavy (non-hydrogen) atoms. The summed E-state index contributed by atoms with van der Waals surface area (Å²) in [5.41, 5.74) is 1.10. The van der Waals surface area contributed by atoms with E-state index >= 15 is 0 Å². The van der Waals surface area contributed by atoms with Crippen molar-refractivity contribution in [1.29, 1.82) is 0 Å². The first-order valence-electron chi connectivity index (χ1n) is 6.47. The molecule has 2 N–H and O–H groups in total. The molecule has 1 amide bonds. The molecule has 1 aromatic rings. The zero-order valence-corrected chi connectivity index (χ0v) is 11.3. The van der Waals surface area contributed by atoms with Crippen LogP contribution in [0.15, 0.2) is 24.3 Å². The van der Waals surface area contributed by atoms with Crippen LogP contribution in [0.4, 0.5) is 0 Å². The molecule has 2 rings (SSSR count). The molecule has 0 heterocycles. The maximum atomic E-state index is 11.8. The summed E-state index contributed by atoms with van der Waals surface area (Å²) >= 11 is 5.86. The second-order valence-corrected chi connectivity index (χ2v) is 5.17. The number of carbonyl (C=O) groups is 1. The molecule has 1 aromatic carbocycles. The highest BCUT2D eigenvalue weighted by Crippen LogP contribution is 2.20. The summed E-state index contributed by atoms with van der Waals surface area (Å²) < 4.78 is 0. The van der Waals surface area contributed by atoms with Crippen LogP contribution in [0.2, 0.25) is 5.02 Å². The van der Waals surface area contributed by atoms with Gasteiger partial charge in [0.25, 0.3) is 0 Å². The van der Waals surface area contributed by atoms with E-state index < -0.39 is 0 Å². The van der Waals surface area contributed by atoms with Crippen molar-refractivity contribution in [1.82, 2.24) is 10.6 Å². The van der Waals surface area contributed by atoms with Crippen molar-refractivity contribution in [3.05, 3.63) is 34.9 Å². The van der Waals surface area contributed by atoms with E-state index in [1.165, 1.54) is 12.8 Å². The quantitative estimate of drug-likeness (QED) is 0.831. The van der Waals surface area contributed by atoms with Crippen LogP contribution in [0.3, 0.4) is 0 Å². The first-order valence-corrected chi connectivity index (χ1v) is 6.85. The van der Waals surface area contributed by atoms with Gasteiger partial charge in [-0.2, -0.15) is 0 Å². The second-order valence-electron chi connectivity index (χ2n) is 4.74. The Bertz CT molecular complexity index is 401. The highest BCUT2D eigenvalue weighted by molar-refractivity contribution is 6.30. The Kier molecular flexibility index (Phi) is 4.61. The molecule has 1 fully saturated rings. The largest absolute Gasteiger partial charge is 0.348 e. The standard InChI is InChI=1S/C14H19ClN2O/c1-2-13(10-3-5-11(15)6-4-10)17-14(18)9-16-12-7-8-12/h3-6,12-13,16H,2,7-9H2,1H3,(H,17,18). The number of benzene rings is 1. The minimum Gasteiger partial charge on any atom is -0.348 e. The lowest BCUT2D eigenvalue weighted by Gasteiger charge is -2.17. The van der Waals surface area contributed by atoms with E-state index in [1.807, 2.05) is 24.3 Å². The summed E-state index contributed by atoms with van der Waals surface area (Å²) in [5, 5.41) is 6.97. The van der Waals surface area contributed by atoms with Crippen LogP contribution >= 0.6 is 11.6 Å². The average Bonchev–Trinajstić information content (AvgIpc) is 3.19. The number of carbonyl (C=O) groups excluding carboxylic acids is 1. The van der Waals surface area contributed by atoms with Gasteiger partial charge in [-0.05, 0) is 37.0 Å². The van der Waals surface area contributed by atoms with Gasteiger partial charge < -0.3 is 10.6 Å². The molecule has 4 heteroatoms. The smallest absolute Gasteiger partial charge is 0.234 e. The number of rotatable bonds is 6. The Labute approximate surface area is 113 Å². The molecule has 1 atom stereocenters. The van der Waals surface area contributed by atoms with E-state index in [1.54, 1.807) is 0 Å². The van der Waals surface area contributed by atoms with Crippen molar-refractivity contribution >= 4 is 17.5 Å². The van der Waals surface area contributed by atoms with Gasteiger partial charge in [0.05, 0.1) is 12.6 Å². The molecule has 0 aromatic heterocycles. The van der Waals surface area contributed by atoms with Gasteiger partial charge >= 0.3 is 0 Å². The van der Waals surface area contributed by atoms with Gasteiger partial charge in [-0.3, -0.25) is 4.79 Å². The Hall–Kier alpha value is -1.06. The van der Waals surface area contributed by atoms with Gasteiger partial charge in [0.15, 0.2) is 0 Å². The zero-order valence-electron chi connectivity index (χ0n) is 10.6. The van der Waals surface area contributed by atoms with Crippen LogP contribution in [-0.2, 0) is 4.79 Å². The summed E-state index contributed by atoms with van der Waals surface area (Å²) in [7, 11) is 0. The molecular formula is C14H19ClN2O. The molecule has 0 saturated heterocycles. The zero-order chi connectivity index (χ0) is 13.0. The monoisotopic (exact) mass is 266 g/mol. The van der Waals surface area contributed by atoms with Gasteiger partial charge in [-0.15, -0.1) is 0 Å². The van der Waals surface area contributed by atoms with Crippen molar-refractivity contribution in [3.8, 4) is 0 Å². The molecule has 0 aliphatic heterocycles. The molecule has 98 valence electrons. The number of hydrogen-bond donors (Lipinski definition) is 2. The Morgan fingerprint density at radius 1 is 1.39 bits per heavy atom. The minimum absolute atomic E-state index is 0.0590. The van der Waals surface area contributed by atoms with Crippen LogP contribution in [0.1, 0.15) is 37.8 Å². The molecule has 0 radical (unpaired) electrons. The molecular weight excluding hydrogens is 248 g/mol. The van der Waals surface area contributed by atoms with Crippen molar-refractivity contribution < 1.29 is 4.79 Å². The number of hydrogen-bond acceptors (Lipinski definition) is 2. The summed E-state index contributed by atoms with van der Waals surface area (Å²) in [6.45, 7) is 2.47. The van der Waals surface area contributed by atoms with Crippen LogP contribution < -0.4 is 10.6 Å². The summed E-state index contributed by atoms with van der Waals surface area (Å²) in [6, 6.07) is 8.26. The topological polar surface area (TPSA) is 41.1 Å². The van der Waals surface area contributed by atoms with Gasteiger partial charge in [0.1, 0.15) is 0 Å². The van der Waals surface area contributed by atoms with Crippen LogP contribution in [0.5, 0.6) is 0 Å². The first kappa shape index (κ1) is 13.4. The Morgan fingerprint density at radius 2 is 2.06 bits per heavy atom. The lowest BCUT2D eigenvalue weighted by atomic mass is 10.0. The first-order chi connectivity index (χ1) is 8.69. The SMILES string of the molecule is CCC(NC(=O)CNC1CC1)c1ccc(Cl)cc1. The number of halogens is 1. The summed E-state index contributed by atoms with van der Waals surface area (Å²) in [5.74, 6) is 0.0590. The molecule has 1 unspecified atom stereocenters. The van der Waals surface area contributed by atoms with Gasteiger partial charge in [-0.1, -0.05) is 30.7 Å².